The zero-order valence-corrected chi connectivity index (χ0v) is 12.5. The van der Waals surface area contributed by atoms with Gasteiger partial charge in [-0.3, -0.25) is 9.59 Å². The van der Waals surface area contributed by atoms with Crippen molar-refractivity contribution in [3.8, 4) is 11.5 Å². The van der Waals surface area contributed by atoms with E-state index in [-0.39, 0.29) is 11.5 Å². The van der Waals surface area contributed by atoms with Gasteiger partial charge in [-0.1, -0.05) is 6.07 Å². The Kier molecular flexibility index (Phi) is 5.19. The van der Waals surface area contributed by atoms with E-state index in [9.17, 15) is 9.59 Å². The molecule has 0 aliphatic carbocycles. The van der Waals surface area contributed by atoms with Gasteiger partial charge in [-0.15, -0.1) is 0 Å². The van der Waals surface area contributed by atoms with Gasteiger partial charge >= 0.3 is 0 Å². The molecular formula is C16H18N2O4. The maximum Gasteiger partial charge on any atom is 0.252 e. The lowest BCUT2D eigenvalue weighted by Crippen LogP contribution is -2.26. The van der Waals surface area contributed by atoms with Gasteiger partial charge in [0.05, 0.1) is 19.8 Å². The highest BCUT2D eigenvalue weighted by atomic mass is 16.5. The highest BCUT2D eigenvalue weighted by molar-refractivity contribution is 5.93. The molecule has 1 aromatic carbocycles. The van der Waals surface area contributed by atoms with Crippen LogP contribution < -0.4 is 20.3 Å². The molecule has 0 spiro atoms. The normalized spacial score (nSPS) is 10.1. The highest BCUT2D eigenvalue weighted by Gasteiger charge is 2.07. The Labute approximate surface area is 128 Å². The van der Waals surface area contributed by atoms with Crippen molar-refractivity contribution in [3.63, 3.8) is 0 Å². The molecule has 6 heteroatoms. The van der Waals surface area contributed by atoms with Gasteiger partial charge in [0, 0.05) is 24.9 Å². The molecule has 22 heavy (non-hydrogen) atoms. The predicted octanol–water partition coefficient (Wildman–Crippen LogP) is 1.36. The molecule has 1 heterocycles. The van der Waals surface area contributed by atoms with Crippen LogP contribution in [0.1, 0.15) is 15.9 Å². The molecule has 0 aliphatic rings. The van der Waals surface area contributed by atoms with Crippen molar-refractivity contribution in [3.05, 3.63) is 58.0 Å². The van der Waals surface area contributed by atoms with Crippen LogP contribution >= 0.6 is 0 Å². The molecule has 0 unspecified atom stereocenters. The highest BCUT2D eigenvalue weighted by Crippen LogP contribution is 2.24. The van der Waals surface area contributed by atoms with Crippen LogP contribution in [0.3, 0.4) is 0 Å². The third kappa shape index (κ3) is 3.88. The lowest BCUT2D eigenvalue weighted by atomic mass is 10.1. The van der Waals surface area contributed by atoms with Gasteiger partial charge in [-0.2, -0.15) is 0 Å². The van der Waals surface area contributed by atoms with Crippen LogP contribution in [0, 0.1) is 0 Å². The van der Waals surface area contributed by atoms with Crippen molar-refractivity contribution in [2.45, 2.75) is 6.42 Å². The summed E-state index contributed by atoms with van der Waals surface area (Å²) in [6.07, 6.45) is 2.02. The van der Waals surface area contributed by atoms with E-state index in [0.717, 1.165) is 17.1 Å². The standard InChI is InChI=1S/C16H18N2O4/c1-21-13-5-3-11(14(9-13)22-2)7-8-17-16(20)12-4-6-15(19)18-10-12/h3-6,9-10H,7-8H2,1-2H3,(H,17,20)(H,18,19). The van der Waals surface area contributed by atoms with E-state index in [4.69, 9.17) is 9.47 Å². The number of ether oxygens (including phenoxy) is 2. The van der Waals surface area contributed by atoms with Crippen LogP contribution in [-0.2, 0) is 6.42 Å². The second kappa shape index (κ2) is 7.31. The van der Waals surface area contributed by atoms with Crippen LogP contribution in [0.4, 0.5) is 0 Å². The Bertz CT molecular complexity index is 689. The van der Waals surface area contributed by atoms with Gasteiger partial charge in [0.2, 0.25) is 5.56 Å². The van der Waals surface area contributed by atoms with E-state index in [2.05, 4.69) is 10.3 Å². The Morgan fingerprint density at radius 3 is 2.64 bits per heavy atom. The summed E-state index contributed by atoms with van der Waals surface area (Å²) in [6.45, 7) is 0.459. The number of hydrogen-bond donors (Lipinski definition) is 2. The average Bonchev–Trinajstić information content (AvgIpc) is 2.55. The third-order valence-electron chi connectivity index (χ3n) is 3.22. The second-order valence-electron chi connectivity index (χ2n) is 4.63. The van der Waals surface area contributed by atoms with Crippen LogP contribution in [0.15, 0.2) is 41.3 Å². The molecule has 1 amide bonds. The second-order valence-corrected chi connectivity index (χ2v) is 4.63. The van der Waals surface area contributed by atoms with Crippen LogP contribution in [0.5, 0.6) is 11.5 Å². The first-order valence-corrected chi connectivity index (χ1v) is 6.82. The monoisotopic (exact) mass is 302 g/mol. The number of amides is 1. The molecule has 0 fully saturated rings. The summed E-state index contributed by atoms with van der Waals surface area (Å²) in [5.74, 6) is 1.21. The number of pyridine rings is 1. The number of rotatable bonds is 6. The minimum atomic E-state index is -0.237. The van der Waals surface area contributed by atoms with Gasteiger partial charge in [0.15, 0.2) is 0 Å². The first-order valence-electron chi connectivity index (χ1n) is 6.82. The van der Waals surface area contributed by atoms with Crippen LogP contribution in [0.25, 0.3) is 0 Å². The molecule has 0 saturated heterocycles. The SMILES string of the molecule is COc1ccc(CCNC(=O)c2ccc(=O)[nH]c2)c(OC)c1. The van der Waals surface area contributed by atoms with Crippen LogP contribution in [0.2, 0.25) is 0 Å². The summed E-state index contributed by atoms with van der Waals surface area (Å²) in [7, 11) is 3.19. The maximum atomic E-state index is 11.9. The van der Waals surface area contributed by atoms with Gasteiger partial charge in [-0.05, 0) is 24.1 Å². The molecule has 1 aromatic heterocycles. The molecule has 0 bridgehead atoms. The fourth-order valence-electron chi connectivity index (χ4n) is 2.02. The van der Waals surface area contributed by atoms with E-state index in [1.165, 1.54) is 18.3 Å². The summed E-state index contributed by atoms with van der Waals surface area (Å²) < 4.78 is 10.5. The number of H-pyrrole nitrogens is 1. The number of nitrogens with one attached hydrogen (secondary N) is 2. The fraction of sp³-hybridized carbons (Fsp3) is 0.250. The lowest BCUT2D eigenvalue weighted by molar-refractivity contribution is 0.0953. The zero-order valence-electron chi connectivity index (χ0n) is 12.5. The average molecular weight is 302 g/mol. The van der Waals surface area contributed by atoms with Gasteiger partial charge < -0.3 is 19.8 Å². The maximum absolute atomic E-state index is 11.9. The van der Waals surface area contributed by atoms with E-state index >= 15 is 0 Å². The topological polar surface area (TPSA) is 80.4 Å². The molecule has 0 saturated carbocycles. The summed E-state index contributed by atoms with van der Waals surface area (Å²) in [5.41, 5.74) is 1.16. The predicted molar refractivity (Wildman–Crippen MR) is 82.6 cm³/mol. The Balaban J connectivity index is 1.94. The Morgan fingerprint density at radius 2 is 2.00 bits per heavy atom. The minimum absolute atomic E-state index is 0.233. The Hall–Kier alpha value is -2.76. The van der Waals surface area contributed by atoms with Crippen molar-refractivity contribution in [1.82, 2.24) is 10.3 Å². The summed E-state index contributed by atoms with van der Waals surface area (Å²) in [4.78, 5) is 25.3. The molecular weight excluding hydrogens is 284 g/mol. The van der Waals surface area contributed by atoms with E-state index in [0.29, 0.717) is 18.5 Å². The number of hydrogen-bond acceptors (Lipinski definition) is 4. The molecule has 0 aliphatic heterocycles. The number of aromatic nitrogens is 1. The van der Waals surface area contributed by atoms with Crippen molar-refractivity contribution in [1.29, 1.82) is 0 Å². The largest absolute Gasteiger partial charge is 0.497 e. The van der Waals surface area contributed by atoms with E-state index in [1.807, 2.05) is 12.1 Å². The number of carbonyl (C=O) groups excluding carboxylic acids is 1. The zero-order chi connectivity index (χ0) is 15.9. The number of methoxy groups -OCH3 is 2. The van der Waals surface area contributed by atoms with Crippen molar-refractivity contribution in [2.75, 3.05) is 20.8 Å². The number of carbonyl (C=O) groups is 1. The van der Waals surface area contributed by atoms with Crippen LogP contribution in [-0.4, -0.2) is 31.7 Å². The number of benzene rings is 1. The third-order valence-corrected chi connectivity index (χ3v) is 3.22. The molecule has 116 valence electrons. The van der Waals surface area contributed by atoms with Crippen molar-refractivity contribution < 1.29 is 14.3 Å². The summed E-state index contributed by atoms with van der Waals surface area (Å²) >= 11 is 0. The Morgan fingerprint density at radius 1 is 1.18 bits per heavy atom. The molecule has 0 radical (unpaired) electrons. The molecule has 2 N–H and O–H groups in total. The molecule has 2 aromatic rings. The molecule has 2 rings (SSSR count). The van der Waals surface area contributed by atoms with Crippen molar-refractivity contribution >= 4 is 5.91 Å². The van der Waals surface area contributed by atoms with E-state index < -0.39 is 0 Å². The first-order chi connectivity index (χ1) is 10.6. The first kappa shape index (κ1) is 15.6. The van der Waals surface area contributed by atoms with E-state index in [1.54, 1.807) is 20.3 Å². The van der Waals surface area contributed by atoms with Crippen molar-refractivity contribution in [2.24, 2.45) is 0 Å². The van der Waals surface area contributed by atoms with Gasteiger partial charge in [-0.25, -0.2) is 0 Å². The molecule has 0 atom stereocenters. The molecule has 6 nitrogen and oxygen atoms in total. The summed E-state index contributed by atoms with van der Waals surface area (Å²) in [6, 6.07) is 8.37. The summed E-state index contributed by atoms with van der Waals surface area (Å²) in [5, 5.41) is 2.80. The van der Waals surface area contributed by atoms with Gasteiger partial charge in [0.1, 0.15) is 11.5 Å². The fourth-order valence-corrected chi connectivity index (χ4v) is 2.02. The smallest absolute Gasteiger partial charge is 0.252 e. The number of aromatic amines is 1. The minimum Gasteiger partial charge on any atom is -0.497 e. The quantitative estimate of drug-likeness (QED) is 0.844. The lowest BCUT2D eigenvalue weighted by Gasteiger charge is -2.11. The van der Waals surface area contributed by atoms with Gasteiger partial charge in [0.25, 0.3) is 5.91 Å².